The van der Waals surface area contributed by atoms with E-state index in [1.807, 2.05) is 31.7 Å². The molecule has 2 aliphatic rings. The molecule has 0 saturated carbocycles. The topological polar surface area (TPSA) is 79.0 Å². The number of rotatable bonds is 1. The summed E-state index contributed by atoms with van der Waals surface area (Å²) < 4.78 is 5.55. The quantitative estimate of drug-likeness (QED) is 0.614. The fourth-order valence-corrected chi connectivity index (χ4v) is 3.46. The summed E-state index contributed by atoms with van der Waals surface area (Å²) in [5, 5.41) is 9.81. The van der Waals surface area contributed by atoms with Gasteiger partial charge in [0.25, 0.3) is 0 Å². The van der Waals surface area contributed by atoms with E-state index in [1.54, 1.807) is 12.1 Å². The van der Waals surface area contributed by atoms with Crippen molar-refractivity contribution in [3.05, 3.63) is 18.2 Å². The Morgan fingerprint density at radius 2 is 1.87 bits per heavy atom. The van der Waals surface area contributed by atoms with Crippen molar-refractivity contribution in [3.8, 4) is 5.75 Å². The Morgan fingerprint density at radius 3 is 2.39 bits per heavy atom. The maximum atomic E-state index is 12.4. The van der Waals surface area contributed by atoms with Crippen LogP contribution < -0.4 is 10.6 Å². The van der Waals surface area contributed by atoms with E-state index in [0.29, 0.717) is 5.69 Å². The molecule has 3 rings (SSSR count). The first-order valence-electron chi connectivity index (χ1n) is 8.09. The molecule has 1 aromatic carbocycles. The summed E-state index contributed by atoms with van der Waals surface area (Å²) in [6, 6.07) is 5.63. The Kier molecular flexibility index (Phi) is 3.78. The van der Waals surface area contributed by atoms with Gasteiger partial charge in [-0.05, 0) is 45.7 Å². The molecule has 0 spiro atoms. The number of phenolic OH excluding ortho intramolecular Hbond substituents is 1. The number of hydrogen-bond donors (Lipinski definition) is 2. The number of amides is 1. The second kappa shape index (κ2) is 5.51. The highest BCUT2D eigenvalue weighted by atomic mass is 16.6. The van der Waals surface area contributed by atoms with Gasteiger partial charge in [-0.2, -0.15) is 0 Å². The highest BCUT2D eigenvalue weighted by Crippen LogP contribution is 2.35. The van der Waals surface area contributed by atoms with Crippen molar-refractivity contribution in [1.29, 1.82) is 0 Å². The number of anilines is 2. The van der Waals surface area contributed by atoms with Gasteiger partial charge < -0.3 is 20.5 Å². The lowest BCUT2D eigenvalue weighted by Crippen LogP contribution is -2.56. The average molecular weight is 319 g/mol. The van der Waals surface area contributed by atoms with Crippen LogP contribution >= 0.6 is 0 Å². The lowest BCUT2D eigenvalue weighted by Gasteiger charge is -2.42. The molecule has 2 aliphatic heterocycles. The van der Waals surface area contributed by atoms with E-state index in [-0.39, 0.29) is 23.9 Å². The van der Waals surface area contributed by atoms with Crippen molar-refractivity contribution in [2.75, 3.05) is 23.7 Å². The zero-order valence-electron chi connectivity index (χ0n) is 14.0. The molecular formula is C17H25N3O3. The van der Waals surface area contributed by atoms with Crippen LogP contribution in [0.4, 0.5) is 16.2 Å². The summed E-state index contributed by atoms with van der Waals surface area (Å²) in [5.41, 5.74) is 6.51. The zero-order valence-corrected chi connectivity index (χ0v) is 14.0. The molecule has 1 aromatic rings. The lowest BCUT2D eigenvalue weighted by atomic mass is 10.1. The summed E-state index contributed by atoms with van der Waals surface area (Å²) in [4.78, 5) is 16.6. The molecule has 126 valence electrons. The third-order valence-electron chi connectivity index (χ3n) is 4.47. The van der Waals surface area contributed by atoms with Gasteiger partial charge in [0.1, 0.15) is 11.4 Å². The van der Waals surface area contributed by atoms with Gasteiger partial charge in [-0.3, -0.25) is 4.90 Å². The highest BCUT2D eigenvalue weighted by Gasteiger charge is 2.44. The number of nitrogen functional groups attached to an aromatic ring is 1. The Labute approximate surface area is 136 Å². The summed E-state index contributed by atoms with van der Waals surface area (Å²) in [6.07, 6.45) is 1.76. The molecule has 2 fully saturated rings. The van der Waals surface area contributed by atoms with Gasteiger partial charge in [0, 0.05) is 24.8 Å². The average Bonchev–Trinajstić information content (AvgIpc) is 2.71. The molecule has 3 N–H and O–H groups in total. The Hall–Kier alpha value is -2.11. The van der Waals surface area contributed by atoms with E-state index in [1.165, 1.54) is 0 Å². The van der Waals surface area contributed by atoms with Crippen LogP contribution in [0.3, 0.4) is 0 Å². The molecule has 2 saturated heterocycles. The smallest absolute Gasteiger partial charge is 0.410 e. The number of piperazine rings is 1. The molecule has 6 nitrogen and oxygen atoms in total. The van der Waals surface area contributed by atoms with E-state index < -0.39 is 5.60 Å². The molecular weight excluding hydrogens is 294 g/mol. The van der Waals surface area contributed by atoms with Crippen LogP contribution in [0, 0.1) is 0 Å². The predicted octanol–water partition coefficient (Wildman–Crippen LogP) is 2.56. The first-order valence-corrected chi connectivity index (χ1v) is 8.09. The fourth-order valence-electron chi connectivity index (χ4n) is 3.46. The molecule has 2 unspecified atom stereocenters. The van der Waals surface area contributed by atoms with Gasteiger partial charge in [-0.15, -0.1) is 0 Å². The molecule has 23 heavy (non-hydrogen) atoms. The van der Waals surface area contributed by atoms with Crippen LogP contribution in [0.1, 0.15) is 33.6 Å². The molecule has 2 heterocycles. The normalized spacial score (nSPS) is 24.0. The molecule has 1 amide bonds. The molecule has 6 heteroatoms. The molecule has 2 bridgehead atoms. The van der Waals surface area contributed by atoms with Gasteiger partial charge in [0.05, 0.1) is 17.8 Å². The largest absolute Gasteiger partial charge is 0.506 e. The number of carbonyl (C=O) groups is 1. The van der Waals surface area contributed by atoms with Crippen molar-refractivity contribution in [2.24, 2.45) is 0 Å². The first kappa shape index (κ1) is 15.8. The monoisotopic (exact) mass is 319 g/mol. The van der Waals surface area contributed by atoms with E-state index in [4.69, 9.17) is 10.5 Å². The first-order chi connectivity index (χ1) is 10.7. The van der Waals surface area contributed by atoms with Crippen molar-refractivity contribution in [1.82, 2.24) is 4.90 Å². The van der Waals surface area contributed by atoms with Crippen molar-refractivity contribution in [2.45, 2.75) is 51.3 Å². The van der Waals surface area contributed by atoms with E-state index >= 15 is 0 Å². The van der Waals surface area contributed by atoms with Crippen LogP contribution in [-0.4, -0.2) is 46.9 Å². The molecule has 0 aliphatic carbocycles. The lowest BCUT2D eigenvalue weighted by molar-refractivity contribution is 0.0123. The number of benzene rings is 1. The third-order valence-corrected chi connectivity index (χ3v) is 4.47. The summed E-state index contributed by atoms with van der Waals surface area (Å²) in [5.74, 6) is 0.101. The second-order valence-corrected chi connectivity index (χ2v) is 7.42. The number of fused-ring (bicyclic) bond motifs is 2. The van der Waals surface area contributed by atoms with E-state index in [9.17, 15) is 9.90 Å². The zero-order chi connectivity index (χ0) is 16.8. The van der Waals surface area contributed by atoms with Crippen LogP contribution in [-0.2, 0) is 4.74 Å². The number of phenols is 1. The number of aromatic hydroxyl groups is 1. The molecule has 0 radical (unpaired) electrons. The van der Waals surface area contributed by atoms with Gasteiger partial charge in [0.2, 0.25) is 0 Å². The van der Waals surface area contributed by atoms with Gasteiger partial charge in [0.15, 0.2) is 0 Å². The Morgan fingerprint density at radius 1 is 1.26 bits per heavy atom. The fraction of sp³-hybridized carbons (Fsp3) is 0.588. The number of ether oxygens (including phenoxy) is 1. The number of nitrogens with zero attached hydrogens (tertiary/aromatic N) is 2. The van der Waals surface area contributed by atoms with Crippen LogP contribution in [0.5, 0.6) is 5.75 Å². The molecule has 2 atom stereocenters. The highest BCUT2D eigenvalue weighted by molar-refractivity contribution is 5.70. The van der Waals surface area contributed by atoms with Gasteiger partial charge >= 0.3 is 6.09 Å². The maximum Gasteiger partial charge on any atom is 0.410 e. The predicted molar refractivity (Wildman–Crippen MR) is 89.6 cm³/mol. The number of carbonyl (C=O) groups excluding carboxylic acids is 1. The van der Waals surface area contributed by atoms with Crippen molar-refractivity contribution >= 4 is 17.5 Å². The second-order valence-electron chi connectivity index (χ2n) is 7.42. The van der Waals surface area contributed by atoms with Crippen molar-refractivity contribution < 1.29 is 14.6 Å². The Balaban J connectivity index is 1.74. The SMILES string of the molecule is CC(C)(C)OC(=O)N1C2CCC1CN(c1ccc(N)c(O)c1)C2. The minimum absolute atomic E-state index is 0.101. The third kappa shape index (κ3) is 3.16. The minimum atomic E-state index is -0.476. The van der Waals surface area contributed by atoms with Crippen LogP contribution in [0.25, 0.3) is 0 Å². The van der Waals surface area contributed by atoms with Gasteiger partial charge in [-0.25, -0.2) is 4.79 Å². The van der Waals surface area contributed by atoms with E-state index in [2.05, 4.69) is 4.90 Å². The summed E-state index contributed by atoms with van der Waals surface area (Å²) in [7, 11) is 0. The summed E-state index contributed by atoms with van der Waals surface area (Å²) >= 11 is 0. The summed E-state index contributed by atoms with van der Waals surface area (Å²) in [6.45, 7) is 7.17. The van der Waals surface area contributed by atoms with E-state index in [0.717, 1.165) is 31.6 Å². The molecule has 0 aromatic heterocycles. The van der Waals surface area contributed by atoms with Gasteiger partial charge in [-0.1, -0.05) is 0 Å². The number of hydrogen-bond acceptors (Lipinski definition) is 5. The maximum absolute atomic E-state index is 12.4. The Bertz CT molecular complexity index is 598. The number of nitrogens with two attached hydrogens (primary N) is 1. The van der Waals surface area contributed by atoms with Crippen LogP contribution in [0.2, 0.25) is 0 Å². The van der Waals surface area contributed by atoms with Crippen molar-refractivity contribution in [3.63, 3.8) is 0 Å². The van der Waals surface area contributed by atoms with Crippen LogP contribution in [0.15, 0.2) is 18.2 Å². The minimum Gasteiger partial charge on any atom is -0.506 e. The standard InChI is InChI=1S/C17H25N3O3/c1-17(2,3)23-16(22)20-12-4-5-13(20)10-19(9-12)11-6-7-14(18)15(21)8-11/h6-8,12-13,21H,4-5,9-10,18H2,1-3H3.